The first-order valence-corrected chi connectivity index (χ1v) is 4.32. The van der Waals surface area contributed by atoms with Gasteiger partial charge in [0.05, 0.1) is 11.6 Å². The summed E-state index contributed by atoms with van der Waals surface area (Å²) in [5.41, 5.74) is 6.83. The lowest BCUT2D eigenvalue weighted by Gasteiger charge is -1.98. The summed E-state index contributed by atoms with van der Waals surface area (Å²) in [6.45, 7) is 0.550. The Bertz CT molecular complexity index is 317. The van der Waals surface area contributed by atoms with E-state index in [9.17, 15) is 0 Å². The molecule has 0 atom stereocenters. The third kappa shape index (κ3) is 2.29. The number of nitriles is 1. The van der Waals surface area contributed by atoms with Crippen LogP contribution in [-0.4, -0.2) is 11.5 Å². The van der Waals surface area contributed by atoms with E-state index in [0.29, 0.717) is 23.1 Å². The maximum atomic E-state index is 8.62. The van der Waals surface area contributed by atoms with Crippen LogP contribution in [0.25, 0.3) is 0 Å². The van der Waals surface area contributed by atoms with Crippen LogP contribution in [-0.2, 0) is 6.42 Å². The molecule has 0 aromatic carbocycles. The second kappa shape index (κ2) is 4.19. The van der Waals surface area contributed by atoms with Crippen LogP contribution >= 0.6 is 15.9 Å². The second-order valence-corrected chi connectivity index (χ2v) is 3.13. The lowest BCUT2D eigenvalue weighted by Crippen LogP contribution is -2.04. The van der Waals surface area contributed by atoms with Gasteiger partial charge in [-0.1, -0.05) is 0 Å². The SMILES string of the molecule is N#Cc1cc(Br)nc(CCN)c1. The van der Waals surface area contributed by atoms with Crippen LogP contribution in [0.4, 0.5) is 0 Å². The molecule has 0 saturated heterocycles. The van der Waals surface area contributed by atoms with Gasteiger partial charge in [0, 0.05) is 12.1 Å². The Morgan fingerprint density at radius 2 is 2.33 bits per heavy atom. The van der Waals surface area contributed by atoms with Crippen molar-refractivity contribution in [1.29, 1.82) is 5.26 Å². The minimum atomic E-state index is 0.550. The zero-order valence-corrected chi connectivity index (χ0v) is 8.00. The highest BCUT2D eigenvalue weighted by molar-refractivity contribution is 9.10. The van der Waals surface area contributed by atoms with E-state index in [4.69, 9.17) is 11.0 Å². The van der Waals surface area contributed by atoms with Crippen molar-refractivity contribution in [2.75, 3.05) is 6.54 Å². The number of pyridine rings is 1. The van der Waals surface area contributed by atoms with Crippen LogP contribution in [0.1, 0.15) is 11.3 Å². The fourth-order valence-electron chi connectivity index (χ4n) is 0.892. The first kappa shape index (κ1) is 9.17. The summed E-state index contributed by atoms with van der Waals surface area (Å²) >= 11 is 3.22. The number of aromatic nitrogens is 1. The molecule has 1 aromatic rings. The van der Waals surface area contributed by atoms with Crippen LogP contribution in [0, 0.1) is 11.3 Å². The fourth-order valence-corrected chi connectivity index (χ4v) is 1.37. The molecule has 1 heterocycles. The summed E-state index contributed by atoms with van der Waals surface area (Å²) in [6.07, 6.45) is 0.702. The fraction of sp³-hybridized carbons (Fsp3) is 0.250. The first-order chi connectivity index (χ1) is 5.76. The minimum Gasteiger partial charge on any atom is -0.330 e. The second-order valence-electron chi connectivity index (χ2n) is 2.32. The Labute approximate surface area is 79.3 Å². The van der Waals surface area contributed by atoms with Gasteiger partial charge >= 0.3 is 0 Å². The molecule has 1 rings (SSSR count). The Balaban J connectivity index is 3.00. The molecule has 4 heteroatoms. The summed E-state index contributed by atoms with van der Waals surface area (Å²) in [5.74, 6) is 0. The van der Waals surface area contributed by atoms with E-state index in [1.54, 1.807) is 12.1 Å². The largest absolute Gasteiger partial charge is 0.330 e. The van der Waals surface area contributed by atoms with Gasteiger partial charge in [0.1, 0.15) is 4.60 Å². The van der Waals surface area contributed by atoms with Gasteiger partial charge in [-0.2, -0.15) is 5.26 Å². The van der Waals surface area contributed by atoms with Gasteiger partial charge in [0.15, 0.2) is 0 Å². The molecule has 0 radical (unpaired) electrons. The van der Waals surface area contributed by atoms with E-state index in [-0.39, 0.29) is 0 Å². The standard InChI is InChI=1S/C8H8BrN3/c9-8-4-6(5-11)3-7(12-8)1-2-10/h3-4H,1-2,10H2. The van der Waals surface area contributed by atoms with Gasteiger partial charge in [-0.25, -0.2) is 4.98 Å². The number of rotatable bonds is 2. The third-order valence-corrected chi connectivity index (χ3v) is 1.78. The lowest BCUT2D eigenvalue weighted by molar-refractivity contribution is 0.916. The topological polar surface area (TPSA) is 62.7 Å². The lowest BCUT2D eigenvalue weighted by atomic mass is 10.2. The quantitative estimate of drug-likeness (QED) is 0.771. The monoisotopic (exact) mass is 225 g/mol. The number of hydrogen-bond donors (Lipinski definition) is 1. The highest BCUT2D eigenvalue weighted by Crippen LogP contribution is 2.10. The van der Waals surface area contributed by atoms with E-state index in [0.717, 1.165) is 5.69 Å². The van der Waals surface area contributed by atoms with Crippen molar-refractivity contribution < 1.29 is 0 Å². The van der Waals surface area contributed by atoms with Gasteiger partial charge in [0.2, 0.25) is 0 Å². The van der Waals surface area contributed by atoms with Gasteiger partial charge in [-0.3, -0.25) is 0 Å². The molecule has 0 amide bonds. The molecular formula is C8H8BrN3. The summed E-state index contributed by atoms with van der Waals surface area (Å²) in [5, 5.41) is 8.62. The molecule has 0 aliphatic rings. The molecule has 2 N–H and O–H groups in total. The van der Waals surface area contributed by atoms with Crippen molar-refractivity contribution in [3.05, 3.63) is 28.0 Å². The normalized spacial score (nSPS) is 9.42. The zero-order valence-electron chi connectivity index (χ0n) is 6.42. The van der Waals surface area contributed by atoms with Crippen molar-refractivity contribution in [1.82, 2.24) is 4.98 Å². The molecule has 0 unspecified atom stereocenters. The minimum absolute atomic E-state index is 0.550. The predicted molar refractivity (Wildman–Crippen MR) is 49.4 cm³/mol. The van der Waals surface area contributed by atoms with E-state index in [1.807, 2.05) is 0 Å². The van der Waals surface area contributed by atoms with Crippen molar-refractivity contribution in [2.24, 2.45) is 5.73 Å². The zero-order chi connectivity index (χ0) is 8.97. The van der Waals surface area contributed by atoms with E-state index in [2.05, 4.69) is 27.0 Å². The molecule has 0 spiro atoms. The van der Waals surface area contributed by atoms with E-state index < -0.39 is 0 Å². The number of nitrogens with zero attached hydrogens (tertiary/aromatic N) is 2. The van der Waals surface area contributed by atoms with Crippen molar-refractivity contribution >= 4 is 15.9 Å². The average molecular weight is 226 g/mol. The highest BCUT2D eigenvalue weighted by Gasteiger charge is 1.98. The van der Waals surface area contributed by atoms with Crippen LogP contribution in [0.2, 0.25) is 0 Å². The maximum absolute atomic E-state index is 8.62. The first-order valence-electron chi connectivity index (χ1n) is 3.53. The Morgan fingerprint density at radius 3 is 2.92 bits per heavy atom. The van der Waals surface area contributed by atoms with Crippen molar-refractivity contribution in [3.8, 4) is 6.07 Å². The average Bonchev–Trinajstić information content (AvgIpc) is 2.04. The molecule has 1 aromatic heterocycles. The van der Waals surface area contributed by atoms with Crippen LogP contribution < -0.4 is 5.73 Å². The van der Waals surface area contributed by atoms with Crippen LogP contribution in [0.5, 0.6) is 0 Å². The summed E-state index contributed by atoms with van der Waals surface area (Å²) < 4.78 is 0.685. The predicted octanol–water partition coefficient (Wildman–Crippen LogP) is 1.22. The molecule has 0 aliphatic heterocycles. The smallest absolute Gasteiger partial charge is 0.107 e. The van der Waals surface area contributed by atoms with Crippen molar-refractivity contribution in [3.63, 3.8) is 0 Å². The summed E-state index contributed by atoms with van der Waals surface area (Å²) in [7, 11) is 0. The van der Waals surface area contributed by atoms with E-state index >= 15 is 0 Å². The molecule has 3 nitrogen and oxygen atoms in total. The molecular weight excluding hydrogens is 218 g/mol. The van der Waals surface area contributed by atoms with Gasteiger partial charge in [0.25, 0.3) is 0 Å². The van der Waals surface area contributed by atoms with Crippen LogP contribution in [0.3, 0.4) is 0 Å². The molecule has 0 saturated carbocycles. The van der Waals surface area contributed by atoms with Gasteiger partial charge in [-0.05, 0) is 34.6 Å². The molecule has 0 bridgehead atoms. The number of halogens is 1. The van der Waals surface area contributed by atoms with Crippen LogP contribution in [0.15, 0.2) is 16.7 Å². The molecule has 0 fully saturated rings. The van der Waals surface area contributed by atoms with Gasteiger partial charge < -0.3 is 5.73 Å². The van der Waals surface area contributed by atoms with Crippen molar-refractivity contribution in [2.45, 2.75) is 6.42 Å². The summed E-state index contributed by atoms with van der Waals surface area (Å²) in [6, 6.07) is 5.48. The van der Waals surface area contributed by atoms with Gasteiger partial charge in [-0.15, -0.1) is 0 Å². The Hall–Kier alpha value is -0.920. The molecule has 12 heavy (non-hydrogen) atoms. The molecule has 0 aliphatic carbocycles. The highest BCUT2D eigenvalue weighted by atomic mass is 79.9. The number of hydrogen-bond acceptors (Lipinski definition) is 3. The summed E-state index contributed by atoms with van der Waals surface area (Å²) in [4.78, 5) is 4.16. The maximum Gasteiger partial charge on any atom is 0.107 e. The Morgan fingerprint density at radius 1 is 1.58 bits per heavy atom. The van der Waals surface area contributed by atoms with E-state index in [1.165, 1.54) is 0 Å². The number of nitrogens with two attached hydrogens (primary N) is 1. The Kier molecular flexibility index (Phi) is 3.20. The molecule has 62 valence electrons. The third-order valence-electron chi connectivity index (χ3n) is 1.38.